The SMILES string of the molecule is CCN1C(=O)C2C(=NNC2C)c2cc(C#CCN3CCOCC3)ccc21. The van der Waals surface area contributed by atoms with Gasteiger partial charge < -0.3 is 15.1 Å². The highest BCUT2D eigenvalue weighted by Crippen LogP contribution is 2.35. The molecule has 3 aliphatic heterocycles. The van der Waals surface area contributed by atoms with Crippen molar-refractivity contribution in [3.63, 3.8) is 0 Å². The largest absolute Gasteiger partial charge is 0.379 e. The van der Waals surface area contributed by atoms with Crippen LogP contribution in [0.15, 0.2) is 23.3 Å². The van der Waals surface area contributed by atoms with Crippen LogP contribution in [-0.2, 0) is 9.53 Å². The van der Waals surface area contributed by atoms with Crippen molar-refractivity contribution in [2.24, 2.45) is 11.0 Å². The summed E-state index contributed by atoms with van der Waals surface area (Å²) in [5.41, 5.74) is 6.83. The van der Waals surface area contributed by atoms with Gasteiger partial charge in [-0.05, 0) is 32.0 Å². The molecule has 1 aromatic carbocycles. The van der Waals surface area contributed by atoms with Crippen molar-refractivity contribution in [1.82, 2.24) is 10.3 Å². The summed E-state index contributed by atoms with van der Waals surface area (Å²) >= 11 is 0. The van der Waals surface area contributed by atoms with E-state index >= 15 is 0 Å². The molecule has 0 aromatic heterocycles. The predicted octanol–water partition coefficient (Wildman–Crippen LogP) is 1.05. The van der Waals surface area contributed by atoms with Crippen molar-refractivity contribution in [3.05, 3.63) is 29.3 Å². The third-order valence-electron chi connectivity index (χ3n) is 5.23. The summed E-state index contributed by atoms with van der Waals surface area (Å²) in [6.45, 7) is 8.87. The van der Waals surface area contributed by atoms with Crippen molar-refractivity contribution < 1.29 is 9.53 Å². The highest BCUT2D eigenvalue weighted by molar-refractivity contribution is 6.24. The maximum Gasteiger partial charge on any atom is 0.238 e. The Bertz CT molecular complexity index is 802. The van der Waals surface area contributed by atoms with Crippen molar-refractivity contribution in [3.8, 4) is 11.8 Å². The number of amides is 1. The van der Waals surface area contributed by atoms with Gasteiger partial charge in [0.25, 0.3) is 0 Å². The van der Waals surface area contributed by atoms with Gasteiger partial charge >= 0.3 is 0 Å². The molecule has 6 heteroatoms. The Balaban J connectivity index is 1.61. The van der Waals surface area contributed by atoms with E-state index in [0.29, 0.717) is 6.54 Å². The Morgan fingerprint density at radius 3 is 2.92 bits per heavy atom. The first-order chi connectivity index (χ1) is 12.7. The molecular weight excluding hydrogens is 328 g/mol. The van der Waals surface area contributed by atoms with E-state index in [-0.39, 0.29) is 17.9 Å². The molecule has 1 aromatic rings. The Hall–Kier alpha value is -2.36. The predicted molar refractivity (Wildman–Crippen MR) is 101 cm³/mol. The van der Waals surface area contributed by atoms with Crippen LogP contribution in [-0.4, -0.2) is 62.0 Å². The summed E-state index contributed by atoms with van der Waals surface area (Å²) in [7, 11) is 0. The molecule has 0 bridgehead atoms. The molecule has 0 radical (unpaired) electrons. The maximum absolute atomic E-state index is 12.8. The van der Waals surface area contributed by atoms with Crippen LogP contribution in [0, 0.1) is 17.8 Å². The van der Waals surface area contributed by atoms with E-state index < -0.39 is 0 Å². The number of carbonyl (C=O) groups excluding carboxylic acids is 1. The molecule has 0 aliphatic carbocycles. The number of fused-ring (bicyclic) bond motifs is 3. The topological polar surface area (TPSA) is 57.2 Å². The zero-order chi connectivity index (χ0) is 18.1. The number of ether oxygens (including phenoxy) is 1. The Labute approximate surface area is 154 Å². The van der Waals surface area contributed by atoms with Gasteiger partial charge in [-0.3, -0.25) is 9.69 Å². The van der Waals surface area contributed by atoms with Crippen LogP contribution in [0.5, 0.6) is 0 Å². The number of benzene rings is 1. The van der Waals surface area contributed by atoms with E-state index in [4.69, 9.17) is 4.74 Å². The number of carbonyl (C=O) groups is 1. The van der Waals surface area contributed by atoms with E-state index in [0.717, 1.165) is 55.4 Å². The molecule has 3 aliphatic rings. The lowest BCUT2D eigenvalue weighted by atomic mass is 9.85. The summed E-state index contributed by atoms with van der Waals surface area (Å²) in [5, 5.41) is 4.44. The fraction of sp³-hybridized carbons (Fsp3) is 0.500. The number of morpholine rings is 1. The van der Waals surface area contributed by atoms with E-state index in [9.17, 15) is 4.79 Å². The number of nitrogens with zero attached hydrogens (tertiary/aromatic N) is 3. The highest BCUT2D eigenvalue weighted by atomic mass is 16.5. The van der Waals surface area contributed by atoms with E-state index in [2.05, 4.69) is 33.3 Å². The zero-order valence-electron chi connectivity index (χ0n) is 15.3. The molecular formula is C20H24N4O2. The maximum atomic E-state index is 12.8. The monoisotopic (exact) mass is 352 g/mol. The summed E-state index contributed by atoms with van der Waals surface area (Å²) in [4.78, 5) is 17.0. The first kappa shape index (κ1) is 17.1. The van der Waals surface area contributed by atoms with Gasteiger partial charge in [-0.2, -0.15) is 5.10 Å². The van der Waals surface area contributed by atoms with Crippen LogP contribution in [0.2, 0.25) is 0 Å². The lowest BCUT2D eigenvalue weighted by Gasteiger charge is -2.33. The van der Waals surface area contributed by atoms with Crippen LogP contribution in [0.3, 0.4) is 0 Å². The molecule has 3 heterocycles. The van der Waals surface area contributed by atoms with Gasteiger partial charge in [0, 0.05) is 30.8 Å². The summed E-state index contributed by atoms with van der Waals surface area (Å²) < 4.78 is 5.36. The number of hydrogen-bond acceptors (Lipinski definition) is 5. The van der Waals surface area contributed by atoms with Gasteiger partial charge in [0.05, 0.1) is 37.2 Å². The highest BCUT2D eigenvalue weighted by Gasteiger charge is 2.43. The third kappa shape index (κ3) is 2.98. The first-order valence-electron chi connectivity index (χ1n) is 9.27. The zero-order valence-corrected chi connectivity index (χ0v) is 15.3. The van der Waals surface area contributed by atoms with Gasteiger partial charge in [0.15, 0.2) is 0 Å². The quantitative estimate of drug-likeness (QED) is 0.809. The summed E-state index contributed by atoms with van der Waals surface area (Å²) in [6, 6.07) is 6.09. The van der Waals surface area contributed by atoms with Crippen molar-refractivity contribution in [1.29, 1.82) is 0 Å². The number of hydrogen-bond donors (Lipinski definition) is 1. The molecule has 26 heavy (non-hydrogen) atoms. The summed E-state index contributed by atoms with van der Waals surface area (Å²) in [5.74, 6) is 6.45. The molecule has 2 unspecified atom stereocenters. The molecule has 4 rings (SSSR count). The van der Waals surface area contributed by atoms with Gasteiger partial charge in [-0.15, -0.1) is 0 Å². The lowest BCUT2D eigenvalue weighted by molar-refractivity contribution is -0.120. The average molecular weight is 352 g/mol. The minimum atomic E-state index is -0.209. The van der Waals surface area contributed by atoms with Gasteiger partial charge in [0.2, 0.25) is 5.91 Å². The molecule has 0 spiro atoms. The van der Waals surface area contributed by atoms with Crippen LogP contribution in [0.4, 0.5) is 5.69 Å². The second-order valence-electron chi connectivity index (χ2n) is 6.90. The standard InChI is InChI=1S/C20H24N4O2/c1-3-24-17-7-6-15(5-4-8-23-9-11-26-12-10-23)13-16(17)19-18(20(24)25)14(2)21-22-19/h6-7,13-14,18,21H,3,8-12H2,1-2H3. The number of rotatable bonds is 2. The first-order valence-corrected chi connectivity index (χ1v) is 9.27. The summed E-state index contributed by atoms with van der Waals surface area (Å²) in [6.07, 6.45) is 0. The molecule has 136 valence electrons. The molecule has 0 saturated carbocycles. The molecule has 1 saturated heterocycles. The Kier molecular flexibility index (Phi) is 4.66. The number of anilines is 1. The van der Waals surface area contributed by atoms with Crippen LogP contribution in [0.1, 0.15) is 25.0 Å². The minimum Gasteiger partial charge on any atom is -0.379 e. The van der Waals surface area contributed by atoms with Gasteiger partial charge in [-0.1, -0.05) is 11.8 Å². The normalized spacial score (nSPS) is 24.9. The second-order valence-corrected chi connectivity index (χ2v) is 6.90. The third-order valence-corrected chi connectivity index (χ3v) is 5.23. The smallest absolute Gasteiger partial charge is 0.238 e. The van der Waals surface area contributed by atoms with Crippen molar-refractivity contribution in [2.45, 2.75) is 19.9 Å². The average Bonchev–Trinajstić information content (AvgIpc) is 3.06. The van der Waals surface area contributed by atoms with Crippen molar-refractivity contribution in [2.75, 3.05) is 44.3 Å². The lowest BCUT2D eigenvalue weighted by Crippen LogP contribution is -2.47. The molecule has 6 nitrogen and oxygen atoms in total. The molecule has 1 fully saturated rings. The van der Waals surface area contributed by atoms with E-state index in [1.807, 2.05) is 30.9 Å². The second kappa shape index (κ2) is 7.10. The van der Waals surface area contributed by atoms with Gasteiger partial charge in [0.1, 0.15) is 5.92 Å². The number of nitrogens with one attached hydrogen (secondary N) is 1. The molecule has 2 atom stereocenters. The molecule has 1 amide bonds. The van der Waals surface area contributed by atoms with Crippen LogP contribution >= 0.6 is 0 Å². The van der Waals surface area contributed by atoms with E-state index in [1.165, 1.54) is 0 Å². The van der Waals surface area contributed by atoms with Crippen LogP contribution < -0.4 is 10.3 Å². The molecule has 1 N–H and O–H groups in total. The van der Waals surface area contributed by atoms with E-state index in [1.54, 1.807) is 0 Å². The Morgan fingerprint density at radius 2 is 2.15 bits per heavy atom. The van der Waals surface area contributed by atoms with Gasteiger partial charge in [-0.25, -0.2) is 0 Å². The minimum absolute atomic E-state index is 0.0239. The Morgan fingerprint density at radius 1 is 1.35 bits per heavy atom. The fourth-order valence-corrected chi connectivity index (χ4v) is 3.79. The number of hydrazone groups is 1. The van der Waals surface area contributed by atoms with Crippen molar-refractivity contribution >= 4 is 17.3 Å². The fourth-order valence-electron chi connectivity index (χ4n) is 3.79. The van der Waals surface area contributed by atoms with Crippen LogP contribution in [0.25, 0.3) is 0 Å².